The van der Waals surface area contributed by atoms with E-state index in [1.54, 1.807) is 43.6 Å². The van der Waals surface area contributed by atoms with Gasteiger partial charge in [0.15, 0.2) is 5.60 Å². The van der Waals surface area contributed by atoms with E-state index in [0.717, 1.165) is 60.4 Å². The number of aryl methyl sites for hydroxylation is 2. The van der Waals surface area contributed by atoms with Crippen molar-refractivity contribution in [2.24, 2.45) is 13.0 Å². The van der Waals surface area contributed by atoms with Crippen molar-refractivity contribution in [1.82, 2.24) is 28.3 Å². The van der Waals surface area contributed by atoms with Crippen molar-refractivity contribution < 1.29 is 28.2 Å². The Hall–Kier alpha value is -5.61. The molecule has 0 spiro atoms. The number of benzene rings is 3. The van der Waals surface area contributed by atoms with Crippen LogP contribution in [0, 0.1) is 12.8 Å². The lowest BCUT2D eigenvalue weighted by Crippen LogP contribution is -2.58. The number of piperidine rings is 1. The van der Waals surface area contributed by atoms with Crippen LogP contribution in [0.1, 0.15) is 56.4 Å². The number of rotatable bonds is 11. The summed E-state index contributed by atoms with van der Waals surface area (Å²) in [6, 6.07) is 23.8. The zero-order valence-electron chi connectivity index (χ0n) is 35.5. The Bertz CT molecular complexity index is 2820. The van der Waals surface area contributed by atoms with E-state index in [-0.39, 0.29) is 35.2 Å². The van der Waals surface area contributed by atoms with Crippen LogP contribution < -0.4 is 10.5 Å². The number of carbonyl (C=O) groups is 1. The Balaban J connectivity index is 1.12. The second-order valence-corrected chi connectivity index (χ2v) is 19.3. The summed E-state index contributed by atoms with van der Waals surface area (Å²) in [5, 5.41) is 22.3. The lowest BCUT2D eigenvalue weighted by molar-refractivity contribution is -0.0672. The minimum Gasteiger partial charge on any atom is -0.465 e. The minimum atomic E-state index is -4.10. The van der Waals surface area contributed by atoms with Crippen LogP contribution >= 0.6 is 0 Å². The first-order valence-corrected chi connectivity index (χ1v) is 22.9. The molecule has 15 heteroatoms. The zero-order chi connectivity index (χ0) is 43.5. The molecule has 1 saturated carbocycles. The number of anilines is 1. The predicted octanol–water partition coefficient (Wildman–Crippen LogP) is 6.20. The van der Waals surface area contributed by atoms with Crippen LogP contribution in [0.15, 0.2) is 101 Å². The smallest absolute Gasteiger partial charge is 0.407 e. The molecular formula is C47H53N7O7S. The molecule has 1 unspecified atom stereocenters. The third-order valence-electron chi connectivity index (χ3n) is 13.0. The molecule has 1 aliphatic carbocycles. The fourth-order valence-electron chi connectivity index (χ4n) is 9.33. The highest BCUT2D eigenvalue weighted by Crippen LogP contribution is 2.43. The van der Waals surface area contributed by atoms with Gasteiger partial charge in [0.25, 0.3) is 15.6 Å². The first kappa shape index (κ1) is 41.7. The molecular weight excluding hydrogens is 807 g/mol. The number of pyridine rings is 1. The summed E-state index contributed by atoms with van der Waals surface area (Å²) in [5.74, 6) is 0.978. The molecule has 62 heavy (non-hydrogen) atoms. The van der Waals surface area contributed by atoms with Crippen LogP contribution in [0.25, 0.3) is 32.9 Å². The molecule has 3 atom stereocenters. The summed E-state index contributed by atoms with van der Waals surface area (Å²) in [4.78, 5) is 42.3. The van der Waals surface area contributed by atoms with Gasteiger partial charge in [-0.15, -0.1) is 0 Å². The Morgan fingerprint density at radius 3 is 2.31 bits per heavy atom. The summed E-state index contributed by atoms with van der Waals surface area (Å²) in [6.07, 6.45) is 5.80. The quantitative estimate of drug-likeness (QED) is 0.153. The maximum atomic E-state index is 14.0. The molecule has 0 radical (unpaired) electrons. The van der Waals surface area contributed by atoms with Crippen LogP contribution in [0.2, 0.25) is 0 Å². The average Bonchev–Trinajstić information content (AvgIpc) is 3.98. The fourth-order valence-corrected chi connectivity index (χ4v) is 10.7. The van der Waals surface area contributed by atoms with Crippen LogP contribution in [-0.2, 0) is 27.4 Å². The van der Waals surface area contributed by atoms with Gasteiger partial charge < -0.3 is 29.3 Å². The molecule has 3 aromatic heterocycles. The molecule has 3 aromatic carbocycles. The van der Waals surface area contributed by atoms with Crippen molar-refractivity contribution >= 4 is 43.9 Å². The number of aliphatic hydroxyl groups is 1. The van der Waals surface area contributed by atoms with Crippen LogP contribution in [0.3, 0.4) is 0 Å². The predicted molar refractivity (Wildman–Crippen MR) is 238 cm³/mol. The second kappa shape index (κ2) is 16.3. The van der Waals surface area contributed by atoms with Gasteiger partial charge in [0.05, 0.1) is 28.8 Å². The van der Waals surface area contributed by atoms with E-state index < -0.39 is 27.3 Å². The molecule has 324 valence electrons. The van der Waals surface area contributed by atoms with E-state index >= 15 is 0 Å². The van der Waals surface area contributed by atoms with Crippen molar-refractivity contribution in [3.05, 3.63) is 118 Å². The highest BCUT2D eigenvalue weighted by atomic mass is 32.2. The van der Waals surface area contributed by atoms with Gasteiger partial charge in [-0.25, -0.2) is 27.2 Å². The SMILES string of the molecule is Cc1ccc(S(=O)(=O)n2ccc3c(-c4ccc5nc(N6CCC(CN7C[C@@H](C)N(C(=O)O)C[C@@H]7C)CC6)nc(C(CO)(OC6CC6)c6ccccc6)c5c4)cn(C)c(=O)c32)cc1. The average molecular weight is 860 g/mol. The summed E-state index contributed by atoms with van der Waals surface area (Å²) >= 11 is 0. The van der Waals surface area contributed by atoms with Crippen LogP contribution in [0.5, 0.6) is 0 Å². The number of fused-ring (bicyclic) bond motifs is 2. The number of hydrogen-bond acceptors (Lipinski definition) is 10. The number of hydrogen-bond donors (Lipinski definition) is 2. The molecule has 6 aromatic rings. The molecule has 2 saturated heterocycles. The standard InChI is InChI=1S/C47H53N7O7S/c1-30-10-15-37(16-11-30)62(59,60)54-23-20-38-40(28-50(4)44(56)42(38)54)34-12-17-41-39(24-34)43(47(29-55,61-36-13-14-36)35-8-6-5-7-9-35)49-45(48-41)51-21-18-33(19-22-51)27-52-25-32(3)53(46(57)58)26-31(52)2/h5-12,15-17,20,23-24,28,31-33,36,55H,13-14,18-19,21-22,25-27,29H2,1-4H3,(H,57,58)/t31-,32+,47?/m0/s1. The molecule has 0 bridgehead atoms. The lowest BCUT2D eigenvalue weighted by atomic mass is 9.87. The van der Waals surface area contributed by atoms with Gasteiger partial charge in [-0.05, 0) is 93.8 Å². The van der Waals surface area contributed by atoms with Gasteiger partial charge in [0, 0.05) is 80.6 Å². The Morgan fingerprint density at radius 2 is 1.63 bits per heavy atom. The lowest BCUT2D eigenvalue weighted by Gasteiger charge is -2.45. The largest absolute Gasteiger partial charge is 0.465 e. The van der Waals surface area contributed by atoms with Gasteiger partial charge >= 0.3 is 6.09 Å². The van der Waals surface area contributed by atoms with Crippen molar-refractivity contribution in [3.8, 4) is 11.1 Å². The Labute approximate surface area is 361 Å². The topological polar surface area (TPSA) is 163 Å². The highest BCUT2D eigenvalue weighted by molar-refractivity contribution is 7.90. The third-order valence-corrected chi connectivity index (χ3v) is 14.7. The molecule has 14 nitrogen and oxygen atoms in total. The molecule has 5 heterocycles. The molecule has 2 aliphatic heterocycles. The number of amides is 1. The van der Waals surface area contributed by atoms with Gasteiger partial charge in [-0.1, -0.05) is 54.1 Å². The summed E-state index contributed by atoms with van der Waals surface area (Å²) in [6.45, 7) is 9.15. The van der Waals surface area contributed by atoms with E-state index in [4.69, 9.17) is 14.7 Å². The zero-order valence-corrected chi connectivity index (χ0v) is 36.3. The molecule has 3 fully saturated rings. The normalized spacial score (nSPS) is 20.2. The van der Waals surface area contributed by atoms with Crippen LogP contribution in [-0.4, -0.2) is 111 Å². The number of aromatic nitrogens is 4. The number of nitrogens with zero attached hydrogens (tertiary/aromatic N) is 7. The first-order chi connectivity index (χ1) is 29.8. The molecule has 3 aliphatic rings. The molecule has 1 amide bonds. The maximum Gasteiger partial charge on any atom is 0.407 e. The van der Waals surface area contributed by atoms with Crippen molar-refractivity contribution in [2.75, 3.05) is 44.2 Å². The minimum absolute atomic E-state index is 0.0402. The summed E-state index contributed by atoms with van der Waals surface area (Å²) in [7, 11) is -2.49. The van der Waals surface area contributed by atoms with E-state index in [9.17, 15) is 28.2 Å². The monoisotopic (exact) mass is 859 g/mol. The van der Waals surface area contributed by atoms with Gasteiger partial charge in [-0.3, -0.25) is 9.69 Å². The van der Waals surface area contributed by atoms with Gasteiger partial charge in [0.1, 0.15) is 5.52 Å². The summed E-state index contributed by atoms with van der Waals surface area (Å²) < 4.78 is 37.3. The Morgan fingerprint density at radius 1 is 0.903 bits per heavy atom. The van der Waals surface area contributed by atoms with E-state index in [2.05, 4.69) is 16.7 Å². The highest BCUT2D eigenvalue weighted by Gasteiger charge is 2.44. The number of aliphatic hydroxyl groups excluding tert-OH is 1. The van der Waals surface area contributed by atoms with Crippen molar-refractivity contribution in [1.29, 1.82) is 0 Å². The molecule has 9 rings (SSSR count). The Kier molecular flexibility index (Phi) is 10.9. The third kappa shape index (κ3) is 7.54. The first-order valence-electron chi connectivity index (χ1n) is 21.5. The number of carboxylic acid groups (broad SMARTS) is 1. The summed E-state index contributed by atoms with van der Waals surface area (Å²) in [5.41, 5.74) is 2.48. The van der Waals surface area contributed by atoms with Crippen molar-refractivity contribution in [3.63, 3.8) is 0 Å². The van der Waals surface area contributed by atoms with Crippen LogP contribution in [0.4, 0.5) is 10.7 Å². The second-order valence-electron chi connectivity index (χ2n) is 17.4. The van der Waals surface area contributed by atoms with Crippen molar-refractivity contribution in [2.45, 2.75) is 75.1 Å². The fraction of sp³-hybridized carbons (Fsp3) is 0.404. The van der Waals surface area contributed by atoms with E-state index in [1.165, 1.54) is 15.7 Å². The number of ether oxygens (including phenoxy) is 1. The van der Waals surface area contributed by atoms with Gasteiger partial charge in [-0.2, -0.15) is 0 Å². The van der Waals surface area contributed by atoms with Gasteiger partial charge in [0.2, 0.25) is 5.95 Å². The van der Waals surface area contributed by atoms with E-state index in [0.29, 0.717) is 58.1 Å². The van der Waals surface area contributed by atoms with E-state index in [1.807, 2.05) is 62.4 Å². The molecule has 2 N–H and O–H groups in total. The maximum absolute atomic E-state index is 14.0. The number of piperazine rings is 1.